The number of fused-ring (bicyclic) bond motifs is 9. The van der Waals surface area contributed by atoms with Crippen LogP contribution in [0.3, 0.4) is 0 Å². The largest absolute Gasteiger partial charge is 0.431 e. The van der Waals surface area contributed by atoms with Gasteiger partial charge in [-0.3, -0.25) is 0 Å². The summed E-state index contributed by atoms with van der Waals surface area (Å²) >= 11 is 0. The summed E-state index contributed by atoms with van der Waals surface area (Å²) in [6.45, 7) is 5.18. The maximum atomic E-state index is 11.4. The van der Waals surface area contributed by atoms with E-state index in [1.807, 2.05) is 0 Å². The highest BCUT2D eigenvalue weighted by molar-refractivity contribution is 5.86. The van der Waals surface area contributed by atoms with Crippen LogP contribution in [0, 0.1) is 35.5 Å². The standard InChI is InChI=1S/C17H25NO3/c1-8(18)17(19)21-9(2)20-14-7-12-6-13(14)16-11-4-3-10(5-11)15(12)16/h9-16H,1,3-7,18H2,2H3. The molecule has 0 spiro atoms. The Morgan fingerprint density at radius 1 is 1.14 bits per heavy atom. The average molecular weight is 291 g/mol. The third-order valence-electron chi connectivity index (χ3n) is 6.57. The SMILES string of the molecule is C=C(N)C(=O)OC(C)OC1CC2CC1C1C3CCC(C3)C21. The molecule has 0 aliphatic heterocycles. The van der Waals surface area contributed by atoms with E-state index in [2.05, 4.69) is 6.58 Å². The van der Waals surface area contributed by atoms with Crippen molar-refractivity contribution in [2.75, 3.05) is 0 Å². The molecule has 0 aromatic carbocycles. The molecule has 4 nitrogen and oxygen atoms in total. The number of hydrogen-bond donors (Lipinski definition) is 1. The summed E-state index contributed by atoms with van der Waals surface area (Å²) in [5, 5.41) is 0. The van der Waals surface area contributed by atoms with E-state index in [1.165, 1.54) is 25.7 Å². The maximum absolute atomic E-state index is 11.4. The molecule has 4 fully saturated rings. The maximum Gasteiger partial charge on any atom is 0.355 e. The lowest BCUT2D eigenvalue weighted by molar-refractivity contribution is -0.190. The van der Waals surface area contributed by atoms with Gasteiger partial charge in [0.05, 0.1) is 6.10 Å². The van der Waals surface area contributed by atoms with Crippen molar-refractivity contribution in [3.8, 4) is 0 Å². The van der Waals surface area contributed by atoms with Gasteiger partial charge in [-0.05, 0) is 74.5 Å². The van der Waals surface area contributed by atoms with E-state index < -0.39 is 12.3 Å². The van der Waals surface area contributed by atoms with Crippen molar-refractivity contribution in [3.63, 3.8) is 0 Å². The van der Waals surface area contributed by atoms with Crippen molar-refractivity contribution in [2.24, 2.45) is 41.2 Å². The van der Waals surface area contributed by atoms with Crippen molar-refractivity contribution in [2.45, 2.75) is 51.4 Å². The van der Waals surface area contributed by atoms with Gasteiger partial charge >= 0.3 is 5.97 Å². The first-order valence-corrected chi connectivity index (χ1v) is 8.35. The molecule has 21 heavy (non-hydrogen) atoms. The molecular weight excluding hydrogens is 266 g/mol. The van der Waals surface area contributed by atoms with Gasteiger partial charge in [-0.2, -0.15) is 0 Å². The Labute approximate surface area is 126 Å². The van der Waals surface area contributed by atoms with Crippen LogP contribution in [0.5, 0.6) is 0 Å². The number of hydrogen-bond acceptors (Lipinski definition) is 4. The smallest absolute Gasteiger partial charge is 0.355 e. The van der Waals surface area contributed by atoms with Gasteiger partial charge in [-0.15, -0.1) is 0 Å². The summed E-state index contributed by atoms with van der Waals surface area (Å²) in [6.07, 6.45) is 6.58. The summed E-state index contributed by atoms with van der Waals surface area (Å²) < 4.78 is 11.2. The van der Waals surface area contributed by atoms with Crippen LogP contribution >= 0.6 is 0 Å². The molecule has 0 heterocycles. The average Bonchev–Trinajstić information content (AvgIpc) is 3.16. The van der Waals surface area contributed by atoms with Crippen LogP contribution in [0.1, 0.15) is 39.0 Å². The minimum Gasteiger partial charge on any atom is -0.431 e. The molecule has 4 bridgehead atoms. The van der Waals surface area contributed by atoms with E-state index in [0.29, 0.717) is 5.92 Å². The fraction of sp³-hybridized carbons (Fsp3) is 0.824. The number of carbonyl (C=O) groups is 1. The van der Waals surface area contributed by atoms with Crippen LogP contribution in [0.15, 0.2) is 12.3 Å². The van der Waals surface area contributed by atoms with Crippen LogP contribution in [0.25, 0.3) is 0 Å². The fourth-order valence-electron chi connectivity index (χ4n) is 6.16. The van der Waals surface area contributed by atoms with Crippen LogP contribution in [-0.4, -0.2) is 18.4 Å². The van der Waals surface area contributed by atoms with E-state index in [0.717, 1.165) is 36.0 Å². The lowest BCUT2D eigenvalue weighted by Gasteiger charge is -2.39. The molecule has 0 amide bonds. The highest BCUT2D eigenvalue weighted by Crippen LogP contribution is 2.67. The van der Waals surface area contributed by atoms with E-state index in [-0.39, 0.29) is 11.8 Å². The Morgan fingerprint density at radius 3 is 2.57 bits per heavy atom. The summed E-state index contributed by atoms with van der Waals surface area (Å²) in [6, 6.07) is 0. The first-order chi connectivity index (χ1) is 10.0. The van der Waals surface area contributed by atoms with E-state index in [1.54, 1.807) is 6.92 Å². The Morgan fingerprint density at radius 2 is 1.86 bits per heavy atom. The molecule has 0 saturated heterocycles. The summed E-state index contributed by atoms with van der Waals surface area (Å²) in [5.41, 5.74) is 5.28. The normalized spacial score (nSPS) is 47.4. The molecule has 4 rings (SSSR count). The number of rotatable bonds is 4. The first-order valence-electron chi connectivity index (χ1n) is 8.35. The molecule has 4 saturated carbocycles. The van der Waals surface area contributed by atoms with Crippen LogP contribution < -0.4 is 5.73 Å². The zero-order valence-corrected chi connectivity index (χ0v) is 12.7. The third-order valence-corrected chi connectivity index (χ3v) is 6.57. The van der Waals surface area contributed by atoms with Gasteiger partial charge in [0.15, 0.2) is 0 Å². The molecule has 4 aliphatic carbocycles. The van der Waals surface area contributed by atoms with Gasteiger partial charge in [-0.1, -0.05) is 6.58 Å². The number of esters is 1. The predicted octanol–water partition coefficient (Wildman–Crippen LogP) is 2.44. The first kappa shape index (κ1) is 13.6. The van der Waals surface area contributed by atoms with Crippen molar-refractivity contribution in [1.82, 2.24) is 0 Å². The number of ether oxygens (including phenoxy) is 2. The molecule has 4 aliphatic rings. The van der Waals surface area contributed by atoms with Crippen LogP contribution in [0.2, 0.25) is 0 Å². The topological polar surface area (TPSA) is 61.6 Å². The van der Waals surface area contributed by atoms with Crippen LogP contribution in [0.4, 0.5) is 0 Å². The third kappa shape index (κ3) is 2.02. The second-order valence-corrected chi connectivity index (χ2v) is 7.56. The molecule has 0 aromatic heterocycles. The lowest BCUT2D eigenvalue weighted by atomic mass is 9.70. The second-order valence-electron chi connectivity index (χ2n) is 7.56. The van der Waals surface area contributed by atoms with Gasteiger partial charge in [0.25, 0.3) is 0 Å². The van der Waals surface area contributed by atoms with Gasteiger partial charge in [0, 0.05) is 0 Å². The summed E-state index contributed by atoms with van der Waals surface area (Å²) in [7, 11) is 0. The molecule has 4 heteroatoms. The Hall–Kier alpha value is -1.03. The van der Waals surface area contributed by atoms with E-state index >= 15 is 0 Å². The molecule has 2 N–H and O–H groups in total. The number of carbonyl (C=O) groups excluding carboxylic acids is 1. The number of nitrogens with two attached hydrogens (primary N) is 1. The molecule has 8 unspecified atom stereocenters. The second kappa shape index (κ2) is 4.73. The minimum absolute atomic E-state index is 0.0634. The quantitative estimate of drug-likeness (QED) is 0.374. The zero-order chi connectivity index (χ0) is 14.7. The molecule has 0 radical (unpaired) electrons. The molecule has 8 atom stereocenters. The van der Waals surface area contributed by atoms with Crippen molar-refractivity contribution < 1.29 is 14.3 Å². The predicted molar refractivity (Wildman–Crippen MR) is 77.8 cm³/mol. The van der Waals surface area contributed by atoms with Gasteiger partial charge in [0.1, 0.15) is 5.70 Å². The summed E-state index contributed by atoms with van der Waals surface area (Å²) in [4.78, 5) is 11.4. The van der Waals surface area contributed by atoms with Crippen molar-refractivity contribution >= 4 is 5.97 Å². The molecule has 116 valence electrons. The van der Waals surface area contributed by atoms with Gasteiger partial charge in [-0.25, -0.2) is 4.79 Å². The van der Waals surface area contributed by atoms with Crippen molar-refractivity contribution in [3.05, 3.63) is 12.3 Å². The van der Waals surface area contributed by atoms with E-state index in [9.17, 15) is 4.79 Å². The Balaban J connectivity index is 1.38. The highest BCUT2D eigenvalue weighted by Gasteiger charge is 2.62. The minimum atomic E-state index is -0.566. The van der Waals surface area contributed by atoms with E-state index in [4.69, 9.17) is 15.2 Å². The van der Waals surface area contributed by atoms with Crippen molar-refractivity contribution in [1.29, 1.82) is 0 Å². The Bertz CT molecular complexity index is 477. The van der Waals surface area contributed by atoms with Gasteiger partial charge < -0.3 is 15.2 Å². The van der Waals surface area contributed by atoms with Crippen LogP contribution in [-0.2, 0) is 14.3 Å². The van der Waals surface area contributed by atoms with Gasteiger partial charge in [0.2, 0.25) is 6.29 Å². The highest BCUT2D eigenvalue weighted by atomic mass is 16.7. The fourth-order valence-corrected chi connectivity index (χ4v) is 6.16. The Kier molecular flexibility index (Phi) is 3.07. The monoisotopic (exact) mass is 291 g/mol. The zero-order valence-electron chi connectivity index (χ0n) is 12.7. The molecular formula is C17H25NO3. The molecule has 0 aromatic rings. The summed E-state index contributed by atoms with van der Waals surface area (Å²) in [5.74, 6) is 4.80. The lowest BCUT2D eigenvalue weighted by Crippen LogP contribution is -2.38.